The Morgan fingerprint density at radius 2 is 1.59 bits per heavy atom. The average molecular weight is 608 g/mol. The van der Waals surface area contributed by atoms with Crippen LogP contribution in [0.15, 0.2) is 72.8 Å². The van der Waals surface area contributed by atoms with E-state index in [0.717, 1.165) is 5.56 Å². The number of esters is 2. The molecule has 0 aromatic heterocycles. The molecule has 0 saturated heterocycles. The van der Waals surface area contributed by atoms with E-state index in [9.17, 15) is 29.4 Å². The van der Waals surface area contributed by atoms with E-state index in [2.05, 4.69) is 5.32 Å². The highest BCUT2D eigenvalue weighted by atomic mass is 16.6. The molecule has 4 atom stereocenters. The standard InChI is InChI=1S/C35H45NO8/c1-7-35(5,6)34(42)44-29(22-23(2)3)33(41)43-28(24(4)16-17-25-12-9-8-10-13-25)14-11-15-30(38)36-31(32(39)40)26-18-20-27(37)21-19-26/h8-13,15-21,23-24,28-29,31,37H,7,14,22H2,1-6H3,(H,36,38)(H,39,40)/b15-11+,17-16+/t24?,28?,29-,31+/m0/s1. The van der Waals surface area contributed by atoms with Gasteiger partial charge in [-0.05, 0) is 61.9 Å². The summed E-state index contributed by atoms with van der Waals surface area (Å²) in [7, 11) is 0. The number of carbonyl (C=O) groups excluding carboxylic acids is 3. The van der Waals surface area contributed by atoms with Crippen LogP contribution in [0.2, 0.25) is 0 Å². The van der Waals surface area contributed by atoms with Gasteiger partial charge in [0.2, 0.25) is 5.91 Å². The van der Waals surface area contributed by atoms with Crippen molar-refractivity contribution in [1.82, 2.24) is 5.32 Å². The lowest BCUT2D eigenvalue weighted by Crippen LogP contribution is -2.38. The minimum absolute atomic E-state index is 0.0281. The molecule has 3 N–H and O–H groups in total. The smallest absolute Gasteiger partial charge is 0.347 e. The van der Waals surface area contributed by atoms with Crippen LogP contribution in [0.25, 0.3) is 6.08 Å². The number of carboxylic acid groups (broad SMARTS) is 1. The molecule has 0 heterocycles. The number of phenols is 1. The average Bonchev–Trinajstić information content (AvgIpc) is 2.98. The lowest BCUT2D eigenvalue weighted by molar-refractivity contribution is -0.178. The van der Waals surface area contributed by atoms with Crippen LogP contribution in [-0.4, -0.2) is 46.2 Å². The molecule has 238 valence electrons. The summed E-state index contributed by atoms with van der Waals surface area (Å²) in [5, 5.41) is 21.6. The molecule has 0 aliphatic carbocycles. The van der Waals surface area contributed by atoms with Crippen molar-refractivity contribution in [2.45, 2.75) is 79.1 Å². The van der Waals surface area contributed by atoms with Gasteiger partial charge in [-0.2, -0.15) is 0 Å². The van der Waals surface area contributed by atoms with E-state index >= 15 is 0 Å². The molecular weight excluding hydrogens is 562 g/mol. The molecule has 2 rings (SSSR count). The highest BCUT2D eigenvalue weighted by Crippen LogP contribution is 2.25. The van der Waals surface area contributed by atoms with Crippen molar-refractivity contribution < 1.29 is 38.9 Å². The first-order chi connectivity index (χ1) is 20.7. The van der Waals surface area contributed by atoms with E-state index in [1.807, 2.05) is 70.2 Å². The maximum atomic E-state index is 13.4. The summed E-state index contributed by atoms with van der Waals surface area (Å²) >= 11 is 0. The Balaban J connectivity index is 2.24. The van der Waals surface area contributed by atoms with Crippen LogP contribution in [0.5, 0.6) is 5.75 Å². The quantitative estimate of drug-likeness (QED) is 0.151. The van der Waals surface area contributed by atoms with Crippen LogP contribution in [-0.2, 0) is 28.7 Å². The number of aromatic hydroxyl groups is 1. The lowest BCUT2D eigenvalue weighted by atomic mass is 9.90. The van der Waals surface area contributed by atoms with E-state index in [-0.39, 0.29) is 30.4 Å². The first-order valence-corrected chi connectivity index (χ1v) is 14.9. The van der Waals surface area contributed by atoms with E-state index in [4.69, 9.17) is 9.47 Å². The topological polar surface area (TPSA) is 139 Å². The number of ether oxygens (including phenoxy) is 2. The number of hydrogen-bond acceptors (Lipinski definition) is 7. The third-order valence-corrected chi connectivity index (χ3v) is 7.28. The van der Waals surface area contributed by atoms with Gasteiger partial charge in [-0.25, -0.2) is 9.59 Å². The van der Waals surface area contributed by atoms with Crippen molar-refractivity contribution >= 4 is 29.9 Å². The van der Waals surface area contributed by atoms with Gasteiger partial charge in [-0.1, -0.05) is 88.4 Å². The molecule has 2 unspecified atom stereocenters. The Labute approximate surface area is 260 Å². The molecule has 0 aliphatic heterocycles. The van der Waals surface area contributed by atoms with Gasteiger partial charge in [-0.15, -0.1) is 0 Å². The lowest BCUT2D eigenvalue weighted by Gasteiger charge is -2.28. The molecule has 0 aliphatic rings. The van der Waals surface area contributed by atoms with Gasteiger partial charge >= 0.3 is 17.9 Å². The van der Waals surface area contributed by atoms with Gasteiger partial charge in [0.1, 0.15) is 11.9 Å². The molecular formula is C35H45NO8. The van der Waals surface area contributed by atoms with Crippen molar-refractivity contribution in [2.24, 2.45) is 17.3 Å². The number of carbonyl (C=O) groups is 4. The van der Waals surface area contributed by atoms with Crippen LogP contribution in [0, 0.1) is 17.3 Å². The van der Waals surface area contributed by atoms with Gasteiger partial charge in [0, 0.05) is 12.3 Å². The molecule has 0 radical (unpaired) electrons. The van der Waals surface area contributed by atoms with Gasteiger partial charge in [-0.3, -0.25) is 9.59 Å². The van der Waals surface area contributed by atoms with Gasteiger partial charge in [0.25, 0.3) is 0 Å². The van der Waals surface area contributed by atoms with E-state index < -0.39 is 47.5 Å². The number of hydrogen-bond donors (Lipinski definition) is 3. The Bertz CT molecular complexity index is 1300. The van der Waals surface area contributed by atoms with Crippen LogP contribution < -0.4 is 5.32 Å². The molecule has 0 fully saturated rings. The Hall–Kier alpha value is -4.40. The summed E-state index contributed by atoms with van der Waals surface area (Å²) in [5.74, 6) is -3.33. The summed E-state index contributed by atoms with van der Waals surface area (Å²) < 4.78 is 11.6. The number of carboxylic acids is 1. The summed E-state index contributed by atoms with van der Waals surface area (Å²) in [6, 6.07) is 13.8. The third kappa shape index (κ3) is 11.7. The van der Waals surface area contributed by atoms with Gasteiger partial charge < -0.3 is 25.0 Å². The number of benzene rings is 2. The molecule has 9 heteroatoms. The second-order valence-electron chi connectivity index (χ2n) is 11.9. The van der Waals surface area contributed by atoms with Crippen LogP contribution in [0.4, 0.5) is 0 Å². The molecule has 44 heavy (non-hydrogen) atoms. The molecule has 1 amide bonds. The van der Waals surface area contributed by atoms with Crippen molar-refractivity contribution in [3.05, 3.63) is 84.0 Å². The second-order valence-corrected chi connectivity index (χ2v) is 11.9. The Morgan fingerprint density at radius 1 is 0.955 bits per heavy atom. The molecule has 2 aromatic carbocycles. The monoisotopic (exact) mass is 607 g/mol. The maximum Gasteiger partial charge on any atom is 0.347 e. The molecule has 2 aromatic rings. The summed E-state index contributed by atoms with van der Waals surface area (Å²) in [5.41, 5.74) is 0.493. The van der Waals surface area contributed by atoms with Crippen molar-refractivity contribution in [3.63, 3.8) is 0 Å². The van der Waals surface area contributed by atoms with E-state index in [0.29, 0.717) is 12.0 Å². The van der Waals surface area contributed by atoms with E-state index in [1.165, 1.54) is 36.4 Å². The number of rotatable bonds is 16. The van der Waals surface area contributed by atoms with Gasteiger partial charge in [0.05, 0.1) is 5.41 Å². The fourth-order valence-corrected chi connectivity index (χ4v) is 4.05. The molecule has 9 nitrogen and oxygen atoms in total. The largest absolute Gasteiger partial charge is 0.508 e. The minimum Gasteiger partial charge on any atom is -0.508 e. The second kappa shape index (κ2) is 17.0. The van der Waals surface area contributed by atoms with Gasteiger partial charge in [0.15, 0.2) is 12.1 Å². The zero-order valence-corrected chi connectivity index (χ0v) is 26.4. The summed E-state index contributed by atoms with van der Waals surface area (Å²) in [6.07, 6.45) is 5.68. The zero-order chi connectivity index (χ0) is 32.9. The number of amides is 1. The normalized spacial score (nSPS) is 14.6. The predicted molar refractivity (Wildman–Crippen MR) is 168 cm³/mol. The fourth-order valence-electron chi connectivity index (χ4n) is 4.05. The number of nitrogens with one attached hydrogen (secondary N) is 1. The first-order valence-electron chi connectivity index (χ1n) is 14.9. The first kappa shape index (κ1) is 35.8. The molecule has 0 spiro atoms. The third-order valence-electron chi connectivity index (χ3n) is 7.28. The number of aliphatic carboxylic acids is 1. The zero-order valence-electron chi connectivity index (χ0n) is 26.4. The number of phenolic OH excluding ortho intramolecular Hbond substituents is 1. The highest BCUT2D eigenvalue weighted by molar-refractivity contribution is 5.91. The van der Waals surface area contributed by atoms with E-state index in [1.54, 1.807) is 13.8 Å². The highest BCUT2D eigenvalue weighted by Gasteiger charge is 2.34. The van der Waals surface area contributed by atoms with Crippen molar-refractivity contribution in [1.29, 1.82) is 0 Å². The van der Waals surface area contributed by atoms with Crippen LogP contribution in [0.1, 0.15) is 78.0 Å². The Morgan fingerprint density at radius 3 is 2.16 bits per heavy atom. The van der Waals surface area contributed by atoms with Crippen molar-refractivity contribution in [2.75, 3.05) is 0 Å². The van der Waals surface area contributed by atoms with Crippen LogP contribution in [0.3, 0.4) is 0 Å². The van der Waals surface area contributed by atoms with Crippen LogP contribution >= 0.6 is 0 Å². The maximum absolute atomic E-state index is 13.4. The minimum atomic E-state index is -1.33. The van der Waals surface area contributed by atoms with Crippen molar-refractivity contribution in [3.8, 4) is 5.75 Å². The molecule has 0 bridgehead atoms. The Kier molecular flexibility index (Phi) is 13.9. The molecule has 0 saturated carbocycles. The summed E-state index contributed by atoms with van der Waals surface area (Å²) in [6.45, 7) is 11.1. The summed E-state index contributed by atoms with van der Waals surface area (Å²) in [4.78, 5) is 50.7. The SMILES string of the molecule is CCC(C)(C)C(=O)O[C@@H](CC(C)C)C(=O)OC(C/C=C/C(=O)N[C@@H](C(=O)O)c1ccc(O)cc1)C(C)/C=C/c1ccccc1. The fraction of sp³-hybridized carbons (Fsp3) is 0.429. The predicted octanol–water partition coefficient (Wildman–Crippen LogP) is 6.24.